The van der Waals surface area contributed by atoms with Crippen LogP contribution >= 0.6 is 0 Å². The van der Waals surface area contributed by atoms with Gasteiger partial charge in [0.15, 0.2) is 0 Å². The Balaban J connectivity index is 1.49. The first-order valence-electron chi connectivity index (χ1n) is 10.3. The van der Waals surface area contributed by atoms with Crippen molar-refractivity contribution < 1.29 is 9.90 Å². The Kier molecular flexibility index (Phi) is 10.6. The number of hydrogen-bond acceptors (Lipinski definition) is 5. The Morgan fingerprint density at radius 2 is 1.68 bits per heavy atom. The Bertz CT molecular complexity index is 688. The summed E-state index contributed by atoms with van der Waals surface area (Å²) in [4.78, 5) is 15.2. The highest BCUT2D eigenvalue weighted by atomic mass is 16.3. The number of aliphatic hydroxyl groups excluding tert-OH is 1. The average molecular weight is 390 g/mol. The van der Waals surface area contributed by atoms with E-state index in [1.165, 1.54) is 0 Å². The van der Waals surface area contributed by atoms with Crippen molar-refractivity contribution in [1.82, 2.24) is 20.9 Å². The van der Waals surface area contributed by atoms with Crippen molar-refractivity contribution in [3.63, 3.8) is 0 Å². The van der Waals surface area contributed by atoms with Crippen molar-refractivity contribution in [2.24, 2.45) is 5.73 Å². The quantitative estimate of drug-likeness (QED) is 0.253. The fourth-order valence-corrected chi connectivity index (χ4v) is 3.12. The largest absolute Gasteiger partial charge is 0.383 e. The minimum absolute atomic E-state index is 0.311. The molecule has 28 heavy (non-hydrogen) atoms. The molecule has 1 aromatic carbocycles. The molecule has 0 radical (unpaired) electrons. The molecular weight excluding hydrogens is 354 g/mol. The molecule has 1 aromatic heterocycles. The molecule has 0 bridgehead atoms. The number of amides is 1. The van der Waals surface area contributed by atoms with Gasteiger partial charge in [-0.2, -0.15) is 0 Å². The van der Waals surface area contributed by atoms with Gasteiger partial charge in [0, 0.05) is 30.1 Å². The Labute approximate surface area is 167 Å². The maximum atomic E-state index is 12.1. The zero-order valence-electron chi connectivity index (χ0n) is 16.7. The summed E-state index contributed by atoms with van der Waals surface area (Å²) >= 11 is 0. The number of para-hydroxylation sites is 1. The van der Waals surface area contributed by atoms with Crippen LogP contribution in [0.1, 0.15) is 31.2 Å². The van der Waals surface area contributed by atoms with Crippen LogP contribution in [0.3, 0.4) is 0 Å². The molecule has 0 saturated heterocycles. The first kappa shape index (κ1) is 22.4. The molecular formula is C21H35N5O2. The number of H-pyrrole nitrogens is 1. The third-order valence-corrected chi connectivity index (χ3v) is 4.74. The van der Waals surface area contributed by atoms with Gasteiger partial charge < -0.3 is 31.8 Å². The lowest BCUT2D eigenvalue weighted by Gasteiger charge is -2.11. The van der Waals surface area contributed by atoms with Gasteiger partial charge in [0.25, 0.3) is 0 Å². The minimum atomic E-state index is -1.03. The number of aromatic nitrogens is 1. The fraction of sp³-hybridized carbons (Fsp3) is 0.571. The van der Waals surface area contributed by atoms with Gasteiger partial charge in [0.1, 0.15) is 6.10 Å². The maximum absolute atomic E-state index is 12.1. The van der Waals surface area contributed by atoms with Gasteiger partial charge in [-0.05, 0) is 70.0 Å². The molecule has 0 fully saturated rings. The zero-order valence-corrected chi connectivity index (χ0v) is 16.7. The van der Waals surface area contributed by atoms with E-state index in [-0.39, 0.29) is 5.91 Å². The monoisotopic (exact) mass is 389 g/mol. The number of hydrogen-bond donors (Lipinski definition) is 6. The second-order valence-electron chi connectivity index (χ2n) is 7.07. The van der Waals surface area contributed by atoms with Gasteiger partial charge in [-0.1, -0.05) is 18.2 Å². The lowest BCUT2D eigenvalue weighted by molar-refractivity contribution is -0.129. The lowest BCUT2D eigenvalue weighted by Crippen LogP contribution is -2.37. The van der Waals surface area contributed by atoms with Gasteiger partial charge in [-0.15, -0.1) is 0 Å². The van der Waals surface area contributed by atoms with Crippen LogP contribution in [-0.2, 0) is 11.2 Å². The number of aliphatic hydroxyl groups is 1. The molecule has 1 heterocycles. The maximum Gasteiger partial charge on any atom is 0.249 e. The van der Waals surface area contributed by atoms with Gasteiger partial charge >= 0.3 is 0 Å². The Hall–Kier alpha value is -1.93. The van der Waals surface area contributed by atoms with Gasteiger partial charge in [-0.25, -0.2) is 0 Å². The molecule has 2 aromatic rings. The summed E-state index contributed by atoms with van der Waals surface area (Å²) in [5, 5.41) is 20.8. The van der Waals surface area contributed by atoms with Crippen molar-refractivity contribution in [2.75, 3.05) is 39.3 Å². The van der Waals surface area contributed by atoms with Gasteiger partial charge in [-0.3, -0.25) is 4.79 Å². The van der Waals surface area contributed by atoms with Gasteiger partial charge in [0.2, 0.25) is 5.91 Å². The average Bonchev–Trinajstić information content (AvgIpc) is 3.11. The molecule has 2 rings (SSSR count). The number of carbonyl (C=O) groups is 1. The molecule has 1 atom stereocenters. The normalized spacial score (nSPS) is 12.4. The molecule has 0 aliphatic rings. The highest BCUT2D eigenvalue weighted by Gasteiger charge is 2.16. The number of nitrogens with one attached hydrogen (secondary N) is 4. The van der Waals surface area contributed by atoms with Crippen LogP contribution in [0, 0.1) is 0 Å². The minimum Gasteiger partial charge on any atom is -0.383 e. The van der Waals surface area contributed by atoms with Crippen LogP contribution in [-0.4, -0.2) is 61.4 Å². The SMILES string of the molecule is NCCCNCCCCNCCCNC(=O)C(O)Cc1c[nH]c2ccccc12. The van der Waals surface area contributed by atoms with Crippen molar-refractivity contribution >= 4 is 16.8 Å². The molecule has 1 amide bonds. The number of benzene rings is 1. The van der Waals surface area contributed by atoms with Crippen molar-refractivity contribution in [3.8, 4) is 0 Å². The number of rotatable bonds is 15. The van der Waals surface area contributed by atoms with E-state index in [9.17, 15) is 9.90 Å². The first-order valence-corrected chi connectivity index (χ1v) is 10.3. The summed E-state index contributed by atoms with van der Waals surface area (Å²) < 4.78 is 0. The lowest BCUT2D eigenvalue weighted by atomic mass is 10.1. The van der Waals surface area contributed by atoms with Crippen LogP contribution in [0.4, 0.5) is 0 Å². The molecule has 0 aliphatic carbocycles. The summed E-state index contributed by atoms with van der Waals surface area (Å²) in [6, 6.07) is 7.89. The predicted octanol–water partition coefficient (Wildman–Crippen LogP) is 0.886. The molecule has 156 valence electrons. The summed E-state index contributed by atoms with van der Waals surface area (Å²) in [6.07, 6.45) is 5.30. The first-order chi connectivity index (χ1) is 13.7. The van der Waals surface area contributed by atoms with Crippen molar-refractivity contribution in [2.45, 2.75) is 38.2 Å². The highest BCUT2D eigenvalue weighted by Crippen LogP contribution is 2.19. The molecule has 7 nitrogen and oxygen atoms in total. The standard InChI is InChI=1S/C21H35N5O2/c22-9-5-12-23-10-3-4-11-24-13-6-14-25-21(28)20(27)15-17-16-26-19-8-2-1-7-18(17)19/h1-2,7-8,16,20,23-24,26-27H,3-6,9-15,22H2,(H,25,28). The van der Waals surface area contributed by atoms with E-state index in [4.69, 9.17) is 5.73 Å². The van der Waals surface area contributed by atoms with Crippen molar-refractivity contribution in [1.29, 1.82) is 0 Å². The van der Waals surface area contributed by atoms with Crippen LogP contribution in [0.25, 0.3) is 10.9 Å². The number of unbranched alkanes of at least 4 members (excludes halogenated alkanes) is 1. The van der Waals surface area contributed by atoms with E-state index in [2.05, 4.69) is 20.9 Å². The van der Waals surface area contributed by atoms with E-state index < -0.39 is 6.10 Å². The third-order valence-electron chi connectivity index (χ3n) is 4.74. The van der Waals surface area contributed by atoms with E-state index in [1.807, 2.05) is 30.5 Å². The molecule has 1 unspecified atom stereocenters. The number of nitrogens with two attached hydrogens (primary N) is 1. The van der Waals surface area contributed by atoms with Crippen molar-refractivity contribution in [3.05, 3.63) is 36.0 Å². The fourth-order valence-electron chi connectivity index (χ4n) is 3.12. The molecule has 7 N–H and O–H groups in total. The number of carbonyl (C=O) groups excluding carboxylic acids is 1. The zero-order chi connectivity index (χ0) is 20.0. The molecule has 0 spiro atoms. The molecule has 0 aliphatic heterocycles. The summed E-state index contributed by atoms with van der Waals surface area (Å²) in [7, 11) is 0. The highest BCUT2D eigenvalue weighted by molar-refractivity contribution is 5.85. The molecule has 0 saturated carbocycles. The molecule has 7 heteroatoms. The number of fused-ring (bicyclic) bond motifs is 1. The van der Waals surface area contributed by atoms with Gasteiger partial charge in [0.05, 0.1) is 0 Å². The van der Waals surface area contributed by atoms with E-state index in [0.717, 1.165) is 74.9 Å². The second-order valence-corrected chi connectivity index (χ2v) is 7.07. The summed E-state index contributed by atoms with van der Waals surface area (Å²) in [6.45, 7) is 5.18. The van der Waals surface area contributed by atoms with Crippen LogP contribution in [0.2, 0.25) is 0 Å². The van der Waals surface area contributed by atoms with E-state index in [1.54, 1.807) is 0 Å². The second kappa shape index (κ2) is 13.3. The van der Waals surface area contributed by atoms with Crippen LogP contribution < -0.4 is 21.7 Å². The smallest absolute Gasteiger partial charge is 0.249 e. The summed E-state index contributed by atoms with van der Waals surface area (Å²) in [5.41, 5.74) is 7.41. The summed E-state index contributed by atoms with van der Waals surface area (Å²) in [5.74, 6) is -0.311. The van der Waals surface area contributed by atoms with Crippen LogP contribution in [0.5, 0.6) is 0 Å². The topological polar surface area (TPSA) is 115 Å². The Morgan fingerprint density at radius 1 is 1.00 bits per heavy atom. The predicted molar refractivity (Wildman–Crippen MR) is 114 cm³/mol. The third kappa shape index (κ3) is 7.98. The van der Waals surface area contributed by atoms with E-state index >= 15 is 0 Å². The van der Waals surface area contributed by atoms with Crippen LogP contribution in [0.15, 0.2) is 30.5 Å². The van der Waals surface area contributed by atoms with E-state index in [0.29, 0.717) is 13.0 Å². The number of aromatic amines is 1. The Morgan fingerprint density at radius 3 is 2.43 bits per heavy atom.